The van der Waals surface area contributed by atoms with Gasteiger partial charge in [0.1, 0.15) is 0 Å². The van der Waals surface area contributed by atoms with E-state index >= 15 is 0 Å². The molecule has 0 saturated heterocycles. The van der Waals surface area contributed by atoms with E-state index in [2.05, 4.69) is 5.32 Å². The van der Waals surface area contributed by atoms with Gasteiger partial charge in [0.05, 0.1) is 17.9 Å². The summed E-state index contributed by atoms with van der Waals surface area (Å²) in [5, 5.41) is 2.45. The van der Waals surface area contributed by atoms with E-state index in [1.165, 1.54) is 0 Å². The molecule has 0 bridgehead atoms. The molecule has 4 nitrogen and oxygen atoms in total. The Balaban J connectivity index is 2.92. The maximum Gasteiger partial charge on any atom is 0.340 e. The molecule has 0 fully saturated rings. The molecule has 0 heterocycles. The van der Waals surface area contributed by atoms with Crippen LogP contribution in [0, 0.1) is 0 Å². The van der Waals surface area contributed by atoms with Crippen LogP contribution in [0.1, 0.15) is 17.3 Å². The van der Waals surface area contributed by atoms with Crippen LogP contribution in [0.3, 0.4) is 0 Å². The Bertz CT molecular complexity index is 421. The van der Waals surface area contributed by atoms with Crippen LogP contribution in [0.25, 0.3) is 0 Å². The number of esters is 1. The molecule has 0 radical (unpaired) electrons. The van der Waals surface area contributed by atoms with Crippen LogP contribution < -0.4 is 5.32 Å². The summed E-state index contributed by atoms with van der Waals surface area (Å²) in [5.74, 6) is -1.10. The molecule has 1 amide bonds. The summed E-state index contributed by atoms with van der Waals surface area (Å²) in [6.45, 7) is 1.96. The van der Waals surface area contributed by atoms with E-state index in [1.54, 1.807) is 31.2 Å². The van der Waals surface area contributed by atoms with Crippen molar-refractivity contribution in [3.8, 4) is 0 Å². The second-order valence-corrected chi connectivity index (χ2v) is 4.15. The maximum atomic E-state index is 11.6. The number of alkyl halides is 2. The molecule has 0 aliphatic heterocycles. The smallest absolute Gasteiger partial charge is 0.340 e. The molecule has 0 aliphatic rings. The molecular weight excluding hydrogens is 265 g/mol. The van der Waals surface area contributed by atoms with Gasteiger partial charge < -0.3 is 10.1 Å². The van der Waals surface area contributed by atoms with Gasteiger partial charge in [0.15, 0.2) is 4.84 Å². The van der Waals surface area contributed by atoms with Crippen LogP contribution >= 0.6 is 23.2 Å². The minimum absolute atomic E-state index is 0.259. The summed E-state index contributed by atoms with van der Waals surface area (Å²) < 4.78 is 4.85. The van der Waals surface area contributed by atoms with Crippen molar-refractivity contribution in [2.24, 2.45) is 0 Å². The van der Waals surface area contributed by atoms with Gasteiger partial charge in [0.2, 0.25) is 0 Å². The number of amides is 1. The SMILES string of the molecule is CCOC(=O)c1ccccc1NC(=O)C(Cl)Cl. The molecule has 0 saturated carbocycles. The molecule has 0 aromatic heterocycles. The van der Waals surface area contributed by atoms with Crippen molar-refractivity contribution in [2.75, 3.05) is 11.9 Å². The molecule has 1 aromatic rings. The number of nitrogens with one attached hydrogen (secondary N) is 1. The number of carbonyl (C=O) groups excluding carboxylic acids is 2. The zero-order valence-corrected chi connectivity index (χ0v) is 10.6. The first-order chi connectivity index (χ1) is 8.06. The normalized spacial score (nSPS) is 10.1. The highest BCUT2D eigenvalue weighted by Gasteiger charge is 2.16. The highest BCUT2D eigenvalue weighted by atomic mass is 35.5. The Morgan fingerprint density at radius 3 is 2.59 bits per heavy atom. The topological polar surface area (TPSA) is 55.4 Å². The highest BCUT2D eigenvalue weighted by molar-refractivity contribution is 6.54. The number of hydrogen-bond donors (Lipinski definition) is 1. The third-order valence-corrected chi connectivity index (χ3v) is 2.27. The lowest BCUT2D eigenvalue weighted by Crippen LogP contribution is -2.20. The van der Waals surface area contributed by atoms with Crippen LogP contribution in [0.15, 0.2) is 24.3 Å². The van der Waals surface area contributed by atoms with Gasteiger partial charge in [-0.1, -0.05) is 35.3 Å². The maximum absolute atomic E-state index is 11.6. The van der Waals surface area contributed by atoms with Crippen molar-refractivity contribution < 1.29 is 14.3 Å². The fourth-order valence-electron chi connectivity index (χ4n) is 1.17. The first-order valence-corrected chi connectivity index (χ1v) is 5.78. The molecule has 1 N–H and O–H groups in total. The predicted molar refractivity (Wildman–Crippen MR) is 66.5 cm³/mol. The van der Waals surface area contributed by atoms with Crippen molar-refractivity contribution in [2.45, 2.75) is 11.8 Å². The minimum Gasteiger partial charge on any atom is -0.462 e. The van der Waals surface area contributed by atoms with Crippen molar-refractivity contribution in [3.63, 3.8) is 0 Å². The van der Waals surface area contributed by atoms with Crippen molar-refractivity contribution in [1.29, 1.82) is 0 Å². The Kier molecular flexibility index (Phi) is 5.25. The number of benzene rings is 1. The molecule has 1 aromatic carbocycles. The molecule has 0 atom stereocenters. The van der Waals surface area contributed by atoms with E-state index in [1.807, 2.05) is 0 Å². The van der Waals surface area contributed by atoms with E-state index in [-0.39, 0.29) is 12.2 Å². The second-order valence-electron chi connectivity index (χ2n) is 3.06. The van der Waals surface area contributed by atoms with Gasteiger partial charge in [-0.3, -0.25) is 4.79 Å². The molecular formula is C11H11Cl2NO3. The van der Waals surface area contributed by atoms with Crippen LogP contribution in [0.2, 0.25) is 0 Å². The van der Waals surface area contributed by atoms with Gasteiger partial charge in [0, 0.05) is 0 Å². The predicted octanol–water partition coefficient (Wildman–Crippen LogP) is 2.61. The Hall–Kier alpha value is -1.26. The van der Waals surface area contributed by atoms with E-state index in [0.29, 0.717) is 5.69 Å². The molecule has 1 rings (SSSR count). The summed E-state index contributed by atoms with van der Waals surface area (Å²) in [6, 6.07) is 6.46. The monoisotopic (exact) mass is 275 g/mol. The van der Waals surface area contributed by atoms with Crippen LogP contribution in [0.4, 0.5) is 5.69 Å². The van der Waals surface area contributed by atoms with Crippen molar-refractivity contribution in [3.05, 3.63) is 29.8 Å². The van der Waals surface area contributed by atoms with Crippen LogP contribution in [-0.2, 0) is 9.53 Å². The van der Waals surface area contributed by atoms with Crippen molar-refractivity contribution in [1.82, 2.24) is 0 Å². The van der Waals surface area contributed by atoms with Gasteiger partial charge in [-0.2, -0.15) is 0 Å². The van der Waals surface area contributed by atoms with Gasteiger partial charge in [0.25, 0.3) is 5.91 Å². The number of rotatable bonds is 4. The summed E-state index contributed by atoms with van der Waals surface area (Å²) in [6.07, 6.45) is 0. The molecule has 0 spiro atoms. The minimum atomic E-state index is -1.19. The van der Waals surface area contributed by atoms with E-state index < -0.39 is 16.7 Å². The number of halogens is 2. The highest BCUT2D eigenvalue weighted by Crippen LogP contribution is 2.17. The average molecular weight is 276 g/mol. The summed E-state index contributed by atoms with van der Waals surface area (Å²) in [7, 11) is 0. The van der Waals surface area contributed by atoms with Gasteiger partial charge in [-0.25, -0.2) is 4.79 Å². The van der Waals surface area contributed by atoms with Crippen molar-refractivity contribution >= 4 is 40.8 Å². The lowest BCUT2D eigenvalue weighted by molar-refractivity contribution is -0.114. The number of para-hydroxylation sites is 1. The third kappa shape index (κ3) is 3.91. The first-order valence-electron chi connectivity index (χ1n) is 4.91. The second kappa shape index (κ2) is 6.47. The van der Waals surface area contributed by atoms with E-state index in [9.17, 15) is 9.59 Å². The van der Waals surface area contributed by atoms with E-state index in [0.717, 1.165) is 0 Å². The van der Waals surface area contributed by atoms with E-state index in [4.69, 9.17) is 27.9 Å². The lowest BCUT2D eigenvalue weighted by Gasteiger charge is -2.10. The Labute approximate surface area is 109 Å². The molecule has 92 valence electrons. The Morgan fingerprint density at radius 2 is 2.00 bits per heavy atom. The quantitative estimate of drug-likeness (QED) is 0.679. The fourth-order valence-corrected chi connectivity index (χ4v) is 1.28. The largest absolute Gasteiger partial charge is 0.462 e. The van der Waals surface area contributed by atoms with Gasteiger partial charge in [-0.15, -0.1) is 0 Å². The van der Waals surface area contributed by atoms with Crippen LogP contribution in [0.5, 0.6) is 0 Å². The molecule has 17 heavy (non-hydrogen) atoms. The summed E-state index contributed by atoms with van der Waals surface area (Å²) in [5.41, 5.74) is 0.582. The van der Waals surface area contributed by atoms with Gasteiger partial charge in [-0.05, 0) is 19.1 Å². The summed E-state index contributed by atoms with van der Waals surface area (Å²) in [4.78, 5) is 21.7. The number of hydrogen-bond acceptors (Lipinski definition) is 3. The third-order valence-electron chi connectivity index (χ3n) is 1.88. The first kappa shape index (κ1) is 13.8. The number of ether oxygens (including phenoxy) is 1. The summed E-state index contributed by atoms with van der Waals surface area (Å²) >= 11 is 10.8. The zero-order valence-electron chi connectivity index (χ0n) is 9.07. The molecule has 0 unspecified atom stereocenters. The molecule has 0 aliphatic carbocycles. The lowest BCUT2D eigenvalue weighted by atomic mass is 10.2. The average Bonchev–Trinajstić information content (AvgIpc) is 2.29. The Morgan fingerprint density at radius 1 is 1.35 bits per heavy atom. The zero-order chi connectivity index (χ0) is 12.8. The number of carbonyl (C=O) groups is 2. The van der Waals surface area contributed by atoms with Crippen LogP contribution in [-0.4, -0.2) is 23.3 Å². The van der Waals surface area contributed by atoms with Gasteiger partial charge >= 0.3 is 5.97 Å². The number of anilines is 1. The standard InChI is InChI=1S/C11H11Cl2NO3/c1-2-17-11(16)7-5-3-4-6-8(7)14-10(15)9(12)13/h3-6,9H,2H2,1H3,(H,14,15). The fraction of sp³-hybridized carbons (Fsp3) is 0.273. The molecule has 6 heteroatoms.